The van der Waals surface area contributed by atoms with E-state index in [0.29, 0.717) is 18.7 Å². The summed E-state index contributed by atoms with van der Waals surface area (Å²) >= 11 is 0. The van der Waals surface area contributed by atoms with Crippen LogP contribution in [0.15, 0.2) is 42.9 Å². The minimum atomic E-state index is -0.579. The highest BCUT2D eigenvalue weighted by Crippen LogP contribution is 2.19. The Morgan fingerprint density at radius 1 is 1.48 bits per heavy atom. The molecule has 1 atom stereocenters. The van der Waals surface area contributed by atoms with Gasteiger partial charge in [-0.15, -0.1) is 0 Å². The van der Waals surface area contributed by atoms with E-state index in [1.54, 1.807) is 17.1 Å². The highest BCUT2D eigenvalue weighted by atomic mass is 16.1. The SMILES string of the molecule is Cc1ccc2c(C(=O)NCC(C)(N)Cn3cccn3)c[nH]c2c1. The number of hydrogen-bond acceptors (Lipinski definition) is 3. The lowest BCUT2D eigenvalue weighted by atomic mass is 10.0. The van der Waals surface area contributed by atoms with Gasteiger partial charge in [0.2, 0.25) is 0 Å². The quantitative estimate of drug-likeness (QED) is 0.671. The largest absolute Gasteiger partial charge is 0.360 e. The molecule has 1 amide bonds. The maximum Gasteiger partial charge on any atom is 0.253 e. The second kappa shape index (κ2) is 5.89. The lowest BCUT2D eigenvalue weighted by Crippen LogP contribution is -2.50. The van der Waals surface area contributed by atoms with Gasteiger partial charge in [0.1, 0.15) is 0 Å². The van der Waals surface area contributed by atoms with E-state index in [9.17, 15) is 4.79 Å². The molecule has 0 aliphatic carbocycles. The molecule has 0 radical (unpaired) electrons. The van der Waals surface area contributed by atoms with Crippen molar-refractivity contribution in [1.29, 1.82) is 0 Å². The topological polar surface area (TPSA) is 88.7 Å². The van der Waals surface area contributed by atoms with E-state index in [1.165, 1.54) is 0 Å². The fourth-order valence-corrected chi connectivity index (χ4v) is 2.63. The third kappa shape index (κ3) is 3.43. The Hall–Kier alpha value is -2.60. The molecule has 2 aromatic heterocycles. The Balaban J connectivity index is 1.68. The van der Waals surface area contributed by atoms with Crippen LogP contribution in [0.4, 0.5) is 0 Å². The van der Waals surface area contributed by atoms with Crippen molar-refractivity contribution in [2.75, 3.05) is 6.54 Å². The van der Waals surface area contributed by atoms with Gasteiger partial charge in [-0.1, -0.05) is 12.1 Å². The van der Waals surface area contributed by atoms with Crippen LogP contribution in [-0.4, -0.2) is 32.8 Å². The molecule has 0 aliphatic heterocycles. The first-order valence-corrected chi connectivity index (χ1v) is 7.57. The normalized spacial score (nSPS) is 13.9. The predicted molar refractivity (Wildman–Crippen MR) is 90.2 cm³/mol. The maximum absolute atomic E-state index is 12.4. The summed E-state index contributed by atoms with van der Waals surface area (Å²) in [6.45, 7) is 4.82. The molecule has 6 nitrogen and oxygen atoms in total. The van der Waals surface area contributed by atoms with Crippen molar-refractivity contribution in [2.45, 2.75) is 25.9 Å². The number of rotatable bonds is 5. The van der Waals surface area contributed by atoms with Crippen LogP contribution in [0.5, 0.6) is 0 Å². The van der Waals surface area contributed by atoms with E-state index in [0.717, 1.165) is 16.5 Å². The van der Waals surface area contributed by atoms with E-state index < -0.39 is 5.54 Å². The molecule has 1 unspecified atom stereocenters. The number of aryl methyl sites for hydroxylation is 1. The van der Waals surface area contributed by atoms with E-state index >= 15 is 0 Å². The monoisotopic (exact) mass is 311 g/mol. The van der Waals surface area contributed by atoms with Gasteiger partial charge in [-0.3, -0.25) is 9.48 Å². The predicted octanol–water partition coefficient (Wildman–Crippen LogP) is 1.82. The molecular formula is C17H21N5O. The summed E-state index contributed by atoms with van der Waals surface area (Å²) in [5.74, 6) is -0.128. The summed E-state index contributed by atoms with van der Waals surface area (Å²) < 4.78 is 1.76. The second-order valence-electron chi connectivity index (χ2n) is 6.29. The number of benzene rings is 1. The minimum Gasteiger partial charge on any atom is -0.360 e. The highest BCUT2D eigenvalue weighted by Gasteiger charge is 2.21. The van der Waals surface area contributed by atoms with Gasteiger partial charge in [0.25, 0.3) is 5.91 Å². The van der Waals surface area contributed by atoms with Crippen LogP contribution < -0.4 is 11.1 Å². The smallest absolute Gasteiger partial charge is 0.253 e. The number of carbonyl (C=O) groups excluding carboxylic acids is 1. The number of aromatic nitrogens is 3. The second-order valence-corrected chi connectivity index (χ2v) is 6.29. The molecule has 23 heavy (non-hydrogen) atoms. The van der Waals surface area contributed by atoms with Crippen LogP contribution >= 0.6 is 0 Å². The number of carbonyl (C=O) groups is 1. The Morgan fingerprint density at radius 3 is 3.04 bits per heavy atom. The average Bonchev–Trinajstić information content (AvgIpc) is 3.13. The number of amides is 1. The van der Waals surface area contributed by atoms with Crippen molar-refractivity contribution in [1.82, 2.24) is 20.1 Å². The first kappa shape index (κ1) is 15.3. The maximum atomic E-state index is 12.4. The molecule has 4 N–H and O–H groups in total. The number of H-pyrrole nitrogens is 1. The Morgan fingerprint density at radius 2 is 2.30 bits per heavy atom. The van der Waals surface area contributed by atoms with Crippen LogP contribution in [0.25, 0.3) is 10.9 Å². The molecule has 3 rings (SSSR count). The van der Waals surface area contributed by atoms with Crippen LogP contribution in [0.3, 0.4) is 0 Å². The van der Waals surface area contributed by atoms with Crippen molar-refractivity contribution in [3.8, 4) is 0 Å². The molecule has 120 valence electrons. The first-order valence-electron chi connectivity index (χ1n) is 7.57. The lowest BCUT2D eigenvalue weighted by Gasteiger charge is -2.24. The summed E-state index contributed by atoms with van der Waals surface area (Å²) in [5.41, 5.74) is 8.43. The Labute approximate surface area is 134 Å². The van der Waals surface area contributed by atoms with Crippen molar-refractivity contribution in [3.63, 3.8) is 0 Å². The third-order valence-electron chi connectivity index (χ3n) is 3.82. The number of hydrogen-bond donors (Lipinski definition) is 3. The van der Waals surface area contributed by atoms with Crippen LogP contribution in [0, 0.1) is 6.92 Å². The van der Waals surface area contributed by atoms with Crippen LogP contribution in [0.2, 0.25) is 0 Å². The van der Waals surface area contributed by atoms with Crippen LogP contribution in [0.1, 0.15) is 22.8 Å². The molecule has 0 spiro atoms. The van der Waals surface area contributed by atoms with Crippen molar-refractivity contribution in [3.05, 3.63) is 54.0 Å². The van der Waals surface area contributed by atoms with E-state index in [-0.39, 0.29) is 5.91 Å². The Kier molecular flexibility index (Phi) is 3.92. The van der Waals surface area contributed by atoms with Crippen molar-refractivity contribution >= 4 is 16.8 Å². The summed E-state index contributed by atoms with van der Waals surface area (Å²) in [6, 6.07) is 7.83. The molecule has 0 saturated heterocycles. The zero-order valence-corrected chi connectivity index (χ0v) is 13.3. The van der Waals surface area contributed by atoms with E-state index in [2.05, 4.69) is 15.4 Å². The summed E-state index contributed by atoms with van der Waals surface area (Å²) in [7, 11) is 0. The van der Waals surface area contributed by atoms with Gasteiger partial charge in [-0.2, -0.15) is 5.10 Å². The fourth-order valence-electron chi connectivity index (χ4n) is 2.63. The number of nitrogens with zero attached hydrogens (tertiary/aromatic N) is 2. The van der Waals surface area contributed by atoms with Crippen LogP contribution in [-0.2, 0) is 6.54 Å². The molecule has 0 bridgehead atoms. The summed E-state index contributed by atoms with van der Waals surface area (Å²) in [5, 5.41) is 7.98. The van der Waals surface area contributed by atoms with Crippen molar-refractivity contribution in [2.24, 2.45) is 5.73 Å². The number of fused-ring (bicyclic) bond motifs is 1. The first-order chi connectivity index (χ1) is 10.9. The number of nitrogens with one attached hydrogen (secondary N) is 2. The van der Waals surface area contributed by atoms with E-state index in [1.807, 2.05) is 44.3 Å². The van der Waals surface area contributed by atoms with E-state index in [4.69, 9.17) is 5.73 Å². The van der Waals surface area contributed by atoms with Crippen molar-refractivity contribution < 1.29 is 4.79 Å². The molecule has 2 heterocycles. The fraction of sp³-hybridized carbons (Fsp3) is 0.294. The number of aromatic amines is 1. The van der Waals surface area contributed by atoms with Gasteiger partial charge in [-0.05, 0) is 31.5 Å². The third-order valence-corrected chi connectivity index (χ3v) is 3.82. The van der Waals surface area contributed by atoms with Gasteiger partial charge < -0.3 is 16.0 Å². The zero-order valence-electron chi connectivity index (χ0n) is 13.3. The standard InChI is InChI=1S/C17H21N5O/c1-12-4-5-13-14(9-19-15(13)8-12)16(23)20-10-17(2,18)11-22-7-3-6-21-22/h3-9,19H,10-11,18H2,1-2H3,(H,20,23). The van der Waals surface area contributed by atoms with Gasteiger partial charge >= 0.3 is 0 Å². The van der Waals surface area contributed by atoms with Gasteiger partial charge in [0, 0.05) is 36.0 Å². The summed E-state index contributed by atoms with van der Waals surface area (Å²) in [6.07, 6.45) is 5.30. The molecular weight excluding hydrogens is 290 g/mol. The van der Waals surface area contributed by atoms with Gasteiger partial charge in [-0.25, -0.2) is 0 Å². The molecule has 1 aromatic carbocycles. The highest BCUT2D eigenvalue weighted by molar-refractivity contribution is 6.06. The molecule has 0 saturated carbocycles. The van der Waals surface area contributed by atoms with Gasteiger partial charge in [0.15, 0.2) is 0 Å². The average molecular weight is 311 g/mol. The lowest BCUT2D eigenvalue weighted by molar-refractivity contribution is 0.0944. The molecule has 6 heteroatoms. The summed E-state index contributed by atoms with van der Waals surface area (Å²) in [4.78, 5) is 15.6. The van der Waals surface area contributed by atoms with Gasteiger partial charge in [0.05, 0.1) is 17.6 Å². The number of nitrogens with two attached hydrogens (primary N) is 1. The molecule has 3 aromatic rings. The zero-order chi connectivity index (χ0) is 16.4. The molecule has 0 fully saturated rings. The minimum absolute atomic E-state index is 0.128. The molecule has 0 aliphatic rings. The Bertz CT molecular complexity index is 817.